The summed E-state index contributed by atoms with van der Waals surface area (Å²) in [5.41, 5.74) is 0.343. The number of hydrogen-bond donors (Lipinski definition) is 0. The van der Waals surface area contributed by atoms with Crippen molar-refractivity contribution in [3.63, 3.8) is 0 Å². The van der Waals surface area contributed by atoms with E-state index in [9.17, 15) is 18.8 Å². The third-order valence-electron chi connectivity index (χ3n) is 6.28. The predicted octanol–water partition coefficient (Wildman–Crippen LogP) is 5.75. The molecular weight excluding hydrogens is 551 g/mol. The number of benzene rings is 2. The molecule has 4 aromatic rings. The summed E-state index contributed by atoms with van der Waals surface area (Å²) in [7, 11) is 0. The number of halogens is 1. The number of ether oxygens (including phenoxy) is 3. The van der Waals surface area contributed by atoms with E-state index in [4.69, 9.17) is 18.6 Å². The minimum absolute atomic E-state index is 0.00423. The van der Waals surface area contributed by atoms with Crippen LogP contribution in [0.2, 0.25) is 0 Å². The number of fused-ring (bicyclic) bond motifs is 2. The zero-order chi connectivity index (χ0) is 29.3. The van der Waals surface area contributed by atoms with Crippen LogP contribution in [0.25, 0.3) is 11.0 Å². The molecule has 1 atom stereocenters. The van der Waals surface area contributed by atoms with Crippen molar-refractivity contribution in [1.82, 2.24) is 4.98 Å². The normalized spacial score (nSPS) is 14.2. The largest absolute Gasteiger partial charge is 0.490 e. The number of carbonyl (C=O) groups is 2. The van der Waals surface area contributed by atoms with Crippen LogP contribution in [-0.2, 0) is 4.74 Å². The second kappa shape index (κ2) is 11.4. The Kier molecular flexibility index (Phi) is 7.71. The van der Waals surface area contributed by atoms with Crippen LogP contribution in [0.3, 0.4) is 0 Å². The van der Waals surface area contributed by atoms with E-state index in [2.05, 4.69) is 18.1 Å². The molecule has 41 heavy (non-hydrogen) atoms. The van der Waals surface area contributed by atoms with Crippen molar-refractivity contribution < 1.29 is 32.6 Å². The highest BCUT2D eigenvalue weighted by molar-refractivity contribution is 7.17. The average molecular weight is 577 g/mol. The molecule has 2 aromatic heterocycles. The van der Waals surface area contributed by atoms with Crippen molar-refractivity contribution in [1.29, 1.82) is 0 Å². The number of hydrogen-bond acceptors (Lipinski definition) is 9. The summed E-state index contributed by atoms with van der Waals surface area (Å²) in [6, 6.07) is 7.51. The van der Waals surface area contributed by atoms with Crippen molar-refractivity contribution >= 4 is 39.3 Å². The van der Waals surface area contributed by atoms with Gasteiger partial charge in [0.15, 0.2) is 22.1 Å². The zero-order valence-corrected chi connectivity index (χ0v) is 23.1. The quantitative estimate of drug-likeness (QED) is 0.173. The number of anilines is 1. The van der Waals surface area contributed by atoms with E-state index < -0.39 is 29.2 Å². The highest BCUT2D eigenvalue weighted by Crippen LogP contribution is 2.45. The lowest BCUT2D eigenvalue weighted by Gasteiger charge is -2.23. The summed E-state index contributed by atoms with van der Waals surface area (Å²) >= 11 is 0.944. The first-order valence-corrected chi connectivity index (χ1v) is 13.5. The summed E-state index contributed by atoms with van der Waals surface area (Å²) in [4.78, 5) is 46.4. The van der Waals surface area contributed by atoms with Gasteiger partial charge in [-0.3, -0.25) is 14.5 Å². The van der Waals surface area contributed by atoms with E-state index in [-0.39, 0.29) is 45.5 Å². The predicted molar refractivity (Wildman–Crippen MR) is 152 cm³/mol. The third-order valence-corrected chi connectivity index (χ3v) is 7.42. The van der Waals surface area contributed by atoms with E-state index in [1.807, 2.05) is 6.92 Å². The number of thiazole rings is 1. The molecule has 0 spiro atoms. The molecule has 0 saturated heterocycles. The van der Waals surface area contributed by atoms with Crippen LogP contribution in [0.1, 0.15) is 50.0 Å². The number of rotatable bonds is 10. The summed E-state index contributed by atoms with van der Waals surface area (Å²) in [5, 5.41) is 0.136. The molecule has 9 nitrogen and oxygen atoms in total. The van der Waals surface area contributed by atoms with Crippen molar-refractivity contribution in [2.24, 2.45) is 0 Å². The molecule has 11 heteroatoms. The first-order valence-electron chi connectivity index (χ1n) is 12.6. The van der Waals surface area contributed by atoms with Crippen LogP contribution in [-0.4, -0.2) is 36.7 Å². The van der Waals surface area contributed by atoms with Crippen molar-refractivity contribution in [2.75, 3.05) is 24.7 Å². The van der Waals surface area contributed by atoms with Gasteiger partial charge in [-0.2, -0.15) is 0 Å². The molecule has 5 rings (SSSR count). The Morgan fingerprint density at radius 1 is 1.12 bits per heavy atom. The van der Waals surface area contributed by atoms with Crippen molar-refractivity contribution in [3.8, 4) is 11.5 Å². The summed E-state index contributed by atoms with van der Waals surface area (Å²) in [6.45, 7) is 11.2. The lowest BCUT2D eigenvalue weighted by atomic mass is 9.98. The average Bonchev–Trinajstić information content (AvgIpc) is 3.48. The number of aryl methyl sites for hydroxylation is 1. The van der Waals surface area contributed by atoms with E-state index >= 15 is 0 Å². The topological polar surface area (TPSA) is 108 Å². The molecule has 3 heterocycles. The number of amides is 1. The van der Waals surface area contributed by atoms with Gasteiger partial charge in [0.25, 0.3) is 5.91 Å². The Bertz CT molecular complexity index is 1760. The van der Waals surface area contributed by atoms with Gasteiger partial charge in [0.1, 0.15) is 29.5 Å². The lowest BCUT2D eigenvalue weighted by molar-refractivity contribution is 0.0554. The molecule has 0 N–H and O–H groups in total. The Labute approximate surface area is 238 Å². The Morgan fingerprint density at radius 3 is 2.63 bits per heavy atom. The second-order valence-electron chi connectivity index (χ2n) is 8.93. The standard InChI is InChI=1S/C30H25FN2O7S/c1-5-12-38-21-10-8-17(14-22(21)37-7-3)24-23-25(34)19-15-18(31)9-11-20(19)40-26(23)28(35)33(24)30-32-16(4)27(41-30)29(36)39-13-6-2/h5-6,8-11,14-15,24H,1-2,7,12-13H2,3-4H3. The zero-order valence-electron chi connectivity index (χ0n) is 22.3. The Hall–Kier alpha value is -4.77. The molecule has 0 aliphatic carbocycles. The van der Waals surface area contributed by atoms with E-state index in [1.165, 1.54) is 17.0 Å². The van der Waals surface area contributed by atoms with Gasteiger partial charge in [-0.15, -0.1) is 0 Å². The maximum atomic E-state index is 14.1. The minimum atomic E-state index is -1.03. The van der Waals surface area contributed by atoms with Crippen LogP contribution >= 0.6 is 11.3 Å². The lowest BCUT2D eigenvalue weighted by Crippen LogP contribution is -2.29. The molecule has 0 fully saturated rings. The molecule has 1 amide bonds. The summed E-state index contributed by atoms with van der Waals surface area (Å²) < 4.78 is 36.7. The molecule has 0 bridgehead atoms. The summed E-state index contributed by atoms with van der Waals surface area (Å²) in [5.74, 6) is -1.26. The van der Waals surface area contributed by atoms with Gasteiger partial charge >= 0.3 is 5.97 Å². The highest BCUT2D eigenvalue weighted by atomic mass is 32.1. The molecule has 0 radical (unpaired) electrons. The fraction of sp³-hybridized carbons (Fsp3) is 0.200. The number of nitrogens with zero attached hydrogens (tertiary/aromatic N) is 2. The fourth-order valence-electron chi connectivity index (χ4n) is 4.56. The van der Waals surface area contributed by atoms with Gasteiger partial charge in [0.2, 0.25) is 5.76 Å². The summed E-state index contributed by atoms with van der Waals surface area (Å²) in [6.07, 6.45) is 3.03. The molecular formula is C30H25FN2O7S. The molecule has 2 aromatic carbocycles. The minimum Gasteiger partial charge on any atom is -0.490 e. The highest BCUT2D eigenvalue weighted by Gasteiger charge is 2.45. The van der Waals surface area contributed by atoms with Crippen molar-refractivity contribution in [3.05, 3.63) is 105 Å². The third kappa shape index (κ3) is 5.00. The Morgan fingerprint density at radius 2 is 1.90 bits per heavy atom. The van der Waals surface area contributed by atoms with Gasteiger partial charge in [-0.1, -0.05) is 42.7 Å². The van der Waals surface area contributed by atoms with Gasteiger partial charge in [-0.25, -0.2) is 14.2 Å². The molecule has 210 valence electrons. The number of esters is 1. The molecule has 0 saturated carbocycles. The SMILES string of the molecule is C=CCOC(=O)c1sc(N2C(=O)c3oc4ccc(F)cc4c(=O)c3C2c2ccc(OCC=C)c(OCC)c2)nc1C. The van der Waals surface area contributed by atoms with Gasteiger partial charge in [-0.05, 0) is 49.7 Å². The van der Waals surface area contributed by atoms with E-state index in [0.717, 1.165) is 23.5 Å². The molecule has 1 unspecified atom stereocenters. The van der Waals surface area contributed by atoms with E-state index in [1.54, 1.807) is 31.2 Å². The first-order chi connectivity index (χ1) is 19.8. The maximum Gasteiger partial charge on any atom is 0.350 e. The van der Waals surface area contributed by atoms with Crippen LogP contribution < -0.4 is 19.8 Å². The molecule has 1 aliphatic rings. The number of aromatic nitrogens is 1. The molecule has 1 aliphatic heterocycles. The monoisotopic (exact) mass is 576 g/mol. The van der Waals surface area contributed by atoms with E-state index in [0.29, 0.717) is 29.4 Å². The van der Waals surface area contributed by atoms with Gasteiger partial charge < -0.3 is 18.6 Å². The van der Waals surface area contributed by atoms with Crippen LogP contribution in [0.5, 0.6) is 11.5 Å². The van der Waals surface area contributed by atoms with Crippen LogP contribution in [0.15, 0.2) is 70.9 Å². The van der Waals surface area contributed by atoms with Gasteiger partial charge in [0.05, 0.1) is 29.3 Å². The first kappa shape index (κ1) is 27.8. The van der Waals surface area contributed by atoms with Crippen LogP contribution in [0.4, 0.5) is 9.52 Å². The van der Waals surface area contributed by atoms with Gasteiger partial charge in [0, 0.05) is 0 Å². The van der Waals surface area contributed by atoms with Crippen LogP contribution in [0, 0.1) is 12.7 Å². The maximum absolute atomic E-state index is 14.1. The number of carbonyl (C=O) groups excluding carboxylic acids is 2. The fourth-order valence-corrected chi connectivity index (χ4v) is 5.55. The second-order valence-corrected chi connectivity index (χ2v) is 9.91. The van der Waals surface area contributed by atoms with Crippen molar-refractivity contribution in [2.45, 2.75) is 19.9 Å². The Balaban J connectivity index is 1.72. The smallest absolute Gasteiger partial charge is 0.350 e.